The van der Waals surface area contributed by atoms with Crippen LogP contribution in [0.5, 0.6) is 0 Å². The minimum atomic E-state index is 0.0175. The lowest BCUT2D eigenvalue weighted by atomic mass is 9.97. The van der Waals surface area contributed by atoms with E-state index in [1.807, 2.05) is 4.90 Å². The molecule has 2 saturated heterocycles. The zero-order chi connectivity index (χ0) is 15.1. The third-order valence-corrected chi connectivity index (χ3v) is 4.34. The number of ether oxygens (including phenoxy) is 1. The first kappa shape index (κ1) is 16.2. The summed E-state index contributed by atoms with van der Waals surface area (Å²) in [5, 5.41) is 6.14. The van der Waals surface area contributed by atoms with E-state index in [0.29, 0.717) is 5.92 Å². The second-order valence-electron chi connectivity index (χ2n) is 6.02. The molecule has 2 heterocycles. The van der Waals surface area contributed by atoms with E-state index < -0.39 is 0 Å². The summed E-state index contributed by atoms with van der Waals surface area (Å²) >= 11 is 0. The van der Waals surface area contributed by atoms with E-state index >= 15 is 0 Å². The molecule has 2 rings (SSSR count). The summed E-state index contributed by atoms with van der Waals surface area (Å²) in [6.45, 7) is 5.98. The summed E-state index contributed by atoms with van der Waals surface area (Å²) in [6.07, 6.45) is 4.13. The fourth-order valence-corrected chi connectivity index (χ4v) is 2.92. The number of nitrogens with zero attached hydrogens (tertiary/aromatic N) is 1. The van der Waals surface area contributed by atoms with Gasteiger partial charge < -0.3 is 20.3 Å². The molecule has 0 aliphatic carbocycles. The highest BCUT2D eigenvalue weighted by Gasteiger charge is 2.24. The number of hydrogen-bond acceptors (Lipinski definition) is 4. The number of carbonyl (C=O) groups is 2. The molecule has 0 atom stereocenters. The van der Waals surface area contributed by atoms with Crippen LogP contribution in [0.4, 0.5) is 0 Å². The molecule has 2 N–H and O–H groups in total. The van der Waals surface area contributed by atoms with Crippen molar-refractivity contribution in [3.05, 3.63) is 0 Å². The molecule has 0 spiro atoms. The minimum absolute atomic E-state index is 0.0175. The summed E-state index contributed by atoms with van der Waals surface area (Å²) in [5.74, 6) is 0.610. The average Bonchev–Trinajstić information content (AvgIpc) is 2.52. The number of rotatable bonds is 5. The molecule has 2 aliphatic rings. The molecule has 0 radical (unpaired) electrons. The van der Waals surface area contributed by atoms with Gasteiger partial charge in [0.1, 0.15) is 6.61 Å². The van der Waals surface area contributed by atoms with E-state index in [0.717, 1.165) is 58.4 Å². The van der Waals surface area contributed by atoms with Gasteiger partial charge in [-0.05, 0) is 44.7 Å². The lowest BCUT2D eigenvalue weighted by Crippen LogP contribution is -2.43. The molecule has 0 bridgehead atoms. The summed E-state index contributed by atoms with van der Waals surface area (Å²) in [6, 6.07) is 0. The lowest BCUT2D eigenvalue weighted by Gasteiger charge is -2.32. The third-order valence-electron chi connectivity index (χ3n) is 4.34. The maximum atomic E-state index is 12.1. The number of likely N-dealkylation sites (tertiary alicyclic amines) is 1. The summed E-state index contributed by atoms with van der Waals surface area (Å²) in [7, 11) is 0. The van der Waals surface area contributed by atoms with Gasteiger partial charge in [0.15, 0.2) is 0 Å². The van der Waals surface area contributed by atoms with Gasteiger partial charge in [0.25, 0.3) is 0 Å². The van der Waals surface area contributed by atoms with Gasteiger partial charge in [-0.3, -0.25) is 9.59 Å². The van der Waals surface area contributed by atoms with Crippen LogP contribution in [-0.2, 0) is 14.3 Å². The molecular formula is C15H27N3O3. The first-order valence-electron chi connectivity index (χ1n) is 7.99. The highest BCUT2D eigenvalue weighted by Crippen LogP contribution is 2.17. The van der Waals surface area contributed by atoms with E-state index in [9.17, 15) is 9.59 Å². The van der Waals surface area contributed by atoms with Crippen LogP contribution in [0, 0.1) is 5.92 Å². The van der Waals surface area contributed by atoms with E-state index in [4.69, 9.17) is 4.74 Å². The Morgan fingerprint density at radius 3 is 2.48 bits per heavy atom. The molecule has 2 amide bonds. The molecule has 6 heteroatoms. The topological polar surface area (TPSA) is 70.7 Å². The first-order valence-corrected chi connectivity index (χ1v) is 7.99. The Labute approximate surface area is 126 Å². The van der Waals surface area contributed by atoms with E-state index in [1.54, 1.807) is 0 Å². The largest absolute Gasteiger partial charge is 0.368 e. The molecule has 0 aromatic heterocycles. The van der Waals surface area contributed by atoms with Gasteiger partial charge in [-0.25, -0.2) is 0 Å². The van der Waals surface area contributed by atoms with Gasteiger partial charge in [0, 0.05) is 26.6 Å². The summed E-state index contributed by atoms with van der Waals surface area (Å²) < 4.78 is 5.72. The van der Waals surface area contributed by atoms with Crippen molar-refractivity contribution in [2.75, 3.05) is 39.3 Å². The van der Waals surface area contributed by atoms with E-state index in [1.165, 1.54) is 6.92 Å². The Bertz CT molecular complexity index is 348. The minimum Gasteiger partial charge on any atom is -0.368 e. The Morgan fingerprint density at radius 1 is 1.19 bits per heavy atom. The number of amides is 2. The highest BCUT2D eigenvalue weighted by molar-refractivity contribution is 5.77. The van der Waals surface area contributed by atoms with Gasteiger partial charge >= 0.3 is 0 Å². The van der Waals surface area contributed by atoms with Crippen LogP contribution in [0.2, 0.25) is 0 Å². The van der Waals surface area contributed by atoms with E-state index in [-0.39, 0.29) is 24.5 Å². The second-order valence-corrected chi connectivity index (χ2v) is 6.02. The summed E-state index contributed by atoms with van der Waals surface area (Å²) in [5.41, 5.74) is 0. The molecule has 0 unspecified atom stereocenters. The van der Waals surface area contributed by atoms with Gasteiger partial charge in [-0.1, -0.05) is 0 Å². The molecule has 0 saturated carbocycles. The molecule has 21 heavy (non-hydrogen) atoms. The molecule has 2 aliphatic heterocycles. The van der Waals surface area contributed by atoms with Crippen LogP contribution in [0.15, 0.2) is 0 Å². The number of hydrogen-bond donors (Lipinski definition) is 2. The molecule has 6 nitrogen and oxygen atoms in total. The maximum absolute atomic E-state index is 12.1. The third kappa shape index (κ3) is 5.63. The Hall–Kier alpha value is -1.14. The van der Waals surface area contributed by atoms with E-state index in [2.05, 4.69) is 10.6 Å². The fraction of sp³-hybridized carbons (Fsp3) is 0.867. The van der Waals surface area contributed by atoms with Crippen molar-refractivity contribution in [3.8, 4) is 0 Å². The molecular weight excluding hydrogens is 270 g/mol. The first-order chi connectivity index (χ1) is 10.1. The van der Waals surface area contributed by atoms with Crippen LogP contribution in [0.1, 0.15) is 32.6 Å². The van der Waals surface area contributed by atoms with Crippen molar-refractivity contribution >= 4 is 11.8 Å². The van der Waals surface area contributed by atoms with Crippen molar-refractivity contribution in [2.24, 2.45) is 5.92 Å². The van der Waals surface area contributed by atoms with Gasteiger partial charge in [0.05, 0.1) is 6.10 Å². The quantitative estimate of drug-likeness (QED) is 0.757. The monoisotopic (exact) mass is 297 g/mol. The van der Waals surface area contributed by atoms with Crippen LogP contribution in [0.3, 0.4) is 0 Å². The Morgan fingerprint density at radius 2 is 1.86 bits per heavy atom. The zero-order valence-electron chi connectivity index (χ0n) is 12.9. The van der Waals surface area contributed by atoms with Crippen molar-refractivity contribution in [3.63, 3.8) is 0 Å². The molecule has 120 valence electrons. The fourth-order valence-electron chi connectivity index (χ4n) is 2.92. The number of piperidine rings is 2. The highest BCUT2D eigenvalue weighted by atomic mass is 16.5. The van der Waals surface area contributed by atoms with Crippen molar-refractivity contribution < 1.29 is 14.3 Å². The van der Waals surface area contributed by atoms with Crippen molar-refractivity contribution in [2.45, 2.75) is 38.7 Å². The van der Waals surface area contributed by atoms with Gasteiger partial charge in [0.2, 0.25) is 11.8 Å². The predicted molar refractivity (Wildman–Crippen MR) is 79.8 cm³/mol. The van der Waals surface area contributed by atoms with Gasteiger partial charge in [-0.15, -0.1) is 0 Å². The Kier molecular flexibility index (Phi) is 6.45. The number of nitrogens with one attached hydrogen (secondary N) is 2. The lowest BCUT2D eigenvalue weighted by molar-refractivity contribution is -0.140. The van der Waals surface area contributed by atoms with Crippen LogP contribution < -0.4 is 10.6 Å². The molecule has 0 aromatic rings. The van der Waals surface area contributed by atoms with Crippen molar-refractivity contribution in [1.29, 1.82) is 0 Å². The Balaban J connectivity index is 1.62. The average molecular weight is 297 g/mol. The zero-order valence-corrected chi connectivity index (χ0v) is 12.9. The SMILES string of the molecule is CC(=O)NCC1CCN(C(=O)COC2CCNCC2)CC1. The standard InChI is InChI=1S/C15H27N3O3/c1-12(19)17-10-13-4-8-18(9-5-13)15(20)11-21-14-2-6-16-7-3-14/h13-14,16H,2-11H2,1H3,(H,17,19). The molecule has 2 fully saturated rings. The predicted octanol–water partition coefficient (Wildman–Crippen LogP) is 0.130. The van der Waals surface area contributed by atoms with Crippen LogP contribution >= 0.6 is 0 Å². The molecule has 0 aromatic carbocycles. The van der Waals surface area contributed by atoms with Crippen molar-refractivity contribution in [1.82, 2.24) is 15.5 Å². The van der Waals surface area contributed by atoms with Gasteiger partial charge in [-0.2, -0.15) is 0 Å². The maximum Gasteiger partial charge on any atom is 0.248 e. The number of carbonyl (C=O) groups excluding carboxylic acids is 2. The van der Waals surface area contributed by atoms with Crippen LogP contribution in [0.25, 0.3) is 0 Å². The second kappa shape index (κ2) is 8.34. The smallest absolute Gasteiger partial charge is 0.248 e. The summed E-state index contributed by atoms with van der Waals surface area (Å²) in [4.78, 5) is 24.9. The van der Waals surface area contributed by atoms with Crippen LogP contribution in [-0.4, -0.2) is 62.1 Å². The normalized spacial score (nSPS) is 21.3.